The minimum absolute atomic E-state index is 0.164. The number of methoxy groups -OCH3 is 1. The molecule has 0 aliphatic carbocycles. The van der Waals surface area contributed by atoms with Crippen LogP contribution in [-0.2, 0) is 11.2 Å². The summed E-state index contributed by atoms with van der Waals surface area (Å²) in [5, 5.41) is 7.57. The van der Waals surface area contributed by atoms with Gasteiger partial charge in [0.2, 0.25) is 5.91 Å². The Labute approximate surface area is 164 Å². The number of aromatic amines is 1. The third kappa shape index (κ3) is 4.01. The maximum absolute atomic E-state index is 12.6. The van der Waals surface area contributed by atoms with E-state index in [9.17, 15) is 4.79 Å². The molecule has 0 spiro atoms. The van der Waals surface area contributed by atoms with E-state index in [0.717, 1.165) is 41.5 Å². The molecule has 1 aliphatic rings. The minimum atomic E-state index is 0.164. The highest BCUT2D eigenvalue weighted by molar-refractivity contribution is 5.79. The fraction of sp³-hybridized carbons (Fsp3) is 0.273. The van der Waals surface area contributed by atoms with E-state index in [0.29, 0.717) is 19.5 Å². The Morgan fingerprint density at radius 2 is 1.75 bits per heavy atom. The highest BCUT2D eigenvalue weighted by Crippen LogP contribution is 2.22. The summed E-state index contributed by atoms with van der Waals surface area (Å²) in [6.45, 7) is 2.99. The molecule has 6 heteroatoms. The number of hydrogen-bond donors (Lipinski definition) is 1. The van der Waals surface area contributed by atoms with Crippen molar-refractivity contribution in [2.45, 2.75) is 6.42 Å². The molecule has 1 aliphatic heterocycles. The SMILES string of the molecule is COc1ccc(CC(=O)N2CCN(c3cc(-c4ccccc4)[nH]n3)CC2)cc1. The molecule has 0 radical (unpaired) electrons. The van der Waals surface area contributed by atoms with E-state index >= 15 is 0 Å². The smallest absolute Gasteiger partial charge is 0.227 e. The summed E-state index contributed by atoms with van der Waals surface area (Å²) in [5.41, 5.74) is 3.14. The predicted molar refractivity (Wildman–Crippen MR) is 110 cm³/mol. The quantitative estimate of drug-likeness (QED) is 0.744. The van der Waals surface area contributed by atoms with Gasteiger partial charge in [0.15, 0.2) is 5.82 Å². The second-order valence-electron chi connectivity index (χ2n) is 6.90. The lowest BCUT2D eigenvalue weighted by atomic mass is 10.1. The summed E-state index contributed by atoms with van der Waals surface area (Å²) in [6, 6.07) is 19.9. The monoisotopic (exact) mass is 376 g/mol. The van der Waals surface area contributed by atoms with Gasteiger partial charge in [-0.1, -0.05) is 42.5 Å². The van der Waals surface area contributed by atoms with Crippen molar-refractivity contribution in [1.29, 1.82) is 0 Å². The number of amides is 1. The Balaban J connectivity index is 1.33. The predicted octanol–water partition coefficient (Wildman–Crippen LogP) is 2.98. The van der Waals surface area contributed by atoms with Crippen LogP contribution in [0.4, 0.5) is 5.82 Å². The molecule has 0 unspecified atom stereocenters. The molecule has 1 N–H and O–H groups in total. The molecule has 144 valence electrons. The van der Waals surface area contributed by atoms with Gasteiger partial charge in [0.25, 0.3) is 0 Å². The van der Waals surface area contributed by atoms with Gasteiger partial charge in [-0.25, -0.2) is 0 Å². The molecule has 3 aromatic rings. The van der Waals surface area contributed by atoms with Crippen molar-refractivity contribution < 1.29 is 9.53 Å². The van der Waals surface area contributed by atoms with Crippen LogP contribution in [0.1, 0.15) is 5.56 Å². The number of ether oxygens (including phenoxy) is 1. The summed E-state index contributed by atoms with van der Waals surface area (Å²) in [7, 11) is 1.64. The number of piperazine rings is 1. The number of H-pyrrole nitrogens is 1. The summed E-state index contributed by atoms with van der Waals surface area (Å²) < 4.78 is 5.16. The molecule has 6 nitrogen and oxygen atoms in total. The van der Waals surface area contributed by atoms with E-state index in [-0.39, 0.29) is 5.91 Å². The van der Waals surface area contributed by atoms with Crippen LogP contribution in [0, 0.1) is 0 Å². The maximum atomic E-state index is 12.6. The van der Waals surface area contributed by atoms with Crippen molar-refractivity contribution in [3.63, 3.8) is 0 Å². The van der Waals surface area contributed by atoms with Gasteiger partial charge in [0.1, 0.15) is 5.75 Å². The van der Waals surface area contributed by atoms with E-state index < -0.39 is 0 Å². The van der Waals surface area contributed by atoms with Crippen molar-refractivity contribution in [1.82, 2.24) is 15.1 Å². The Morgan fingerprint density at radius 1 is 1.04 bits per heavy atom. The number of aromatic nitrogens is 2. The van der Waals surface area contributed by atoms with Gasteiger partial charge >= 0.3 is 0 Å². The lowest BCUT2D eigenvalue weighted by Crippen LogP contribution is -2.49. The Morgan fingerprint density at radius 3 is 2.43 bits per heavy atom. The fourth-order valence-electron chi connectivity index (χ4n) is 3.45. The summed E-state index contributed by atoms with van der Waals surface area (Å²) in [6.07, 6.45) is 0.421. The first-order chi connectivity index (χ1) is 13.7. The first-order valence-electron chi connectivity index (χ1n) is 9.49. The standard InChI is InChI=1S/C22H24N4O2/c1-28-19-9-7-17(8-10-19)15-22(27)26-13-11-25(12-14-26)21-16-20(23-24-21)18-5-3-2-4-6-18/h2-10,16H,11-15H2,1H3,(H,23,24). The molecule has 4 rings (SSSR count). The Kier molecular flexibility index (Phi) is 5.28. The normalized spacial score (nSPS) is 14.2. The first kappa shape index (κ1) is 18.1. The Bertz CT molecular complexity index is 913. The van der Waals surface area contributed by atoms with Crippen LogP contribution in [0.25, 0.3) is 11.3 Å². The number of carbonyl (C=O) groups is 1. The van der Waals surface area contributed by atoms with Gasteiger partial charge in [-0.2, -0.15) is 5.10 Å². The molecule has 0 atom stereocenters. The van der Waals surface area contributed by atoms with Crippen molar-refractivity contribution in [3.8, 4) is 17.0 Å². The first-order valence-corrected chi connectivity index (χ1v) is 9.49. The molecule has 1 saturated heterocycles. The zero-order valence-corrected chi connectivity index (χ0v) is 16.0. The molecule has 1 aromatic heterocycles. The third-order valence-corrected chi connectivity index (χ3v) is 5.12. The largest absolute Gasteiger partial charge is 0.497 e. The summed E-state index contributed by atoms with van der Waals surface area (Å²) in [4.78, 5) is 16.8. The van der Waals surface area contributed by atoms with Gasteiger partial charge in [-0.3, -0.25) is 9.89 Å². The van der Waals surface area contributed by atoms with Crippen LogP contribution in [0.15, 0.2) is 60.7 Å². The van der Waals surface area contributed by atoms with Crippen LogP contribution in [-0.4, -0.2) is 54.3 Å². The van der Waals surface area contributed by atoms with Gasteiger partial charge in [0.05, 0.1) is 19.2 Å². The molecule has 0 bridgehead atoms. The number of benzene rings is 2. The maximum Gasteiger partial charge on any atom is 0.227 e. The Hall–Kier alpha value is -3.28. The number of hydrogen-bond acceptors (Lipinski definition) is 4. The van der Waals surface area contributed by atoms with E-state index in [1.807, 2.05) is 47.4 Å². The van der Waals surface area contributed by atoms with Crippen LogP contribution >= 0.6 is 0 Å². The lowest BCUT2D eigenvalue weighted by Gasteiger charge is -2.34. The van der Waals surface area contributed by atoms with Crippen LogP contribution < -0.4 is 9.64 Å². The third-order valence-electron chi connectivity index (χ3n) is 5.12. The van der Waals surface area contributed by atoms with Crippen molar-refractivity contribution in [3.05, 3.63) is 66.2 Å². The molecular weight excluding hydrogens is 352 g/mol. The van der Waals surface area contributed by atoms with Crippen molar-refractivity contribution >= 4 is 11.7 Å². The summed E-state index contributed by atoms with van der Waals surface area (Å²) >= 11 is 0. The minimum Gasteiger partial charge on any atom is -0.497 e. The van der Waals surface area contributed by atoms with Crippen LogP contribution in [0.3, 0.4) is 0 Å². The molecule has 0 saturated carbocycles. The molecule has 1 fully saturated rings. The molecular formula is C22H24N4O2. The van der Waals surface area contributed by atoms with E-state index in [1.165, 1.54) is 0 Å². The number of anilines is 1. The highest BCUT2D eigenvalue weighted by atomic mass is 16.5. The summed E-state index contributed by atoms with van der Waals surface area (Å²) in [5.74, 6) is 1.90. The number of nitrogens with one attached hydrogen (secondary N) is 1. The van der Waals surface area contributed by atoms with Crippen molar-refractivity contribution in [2.75, 3.05) is 38.2 Å². The van der Waals surface area contributed by atoms with Gasteiger partial charge in [0, 0.05) is 32.2 Å². The van der Waals surface area contributed by atoms with Gasteiger partial charge < -0.3 is 14.5 Å². The molecule has 1 amide bonds. The second-order valence-corrected chi connectivity index (χ2v) is 6.90. The topological polar surface area (TPSA) is 61.5 Å². The fourth-order valence-corrected chi connectivity index (χ4v) is 3.45. The zero-order valence-electron chi connectivity index (χ0n) is 16.0. The zero-order chi connectivity index (χ0) is 19.3. The van der Waals surface area contributed by atoms with Crippen LogP contribution in [0.5, 0.6) is 5.75 Å². The molecule has 2 aromatic carbocycles. The number of carbonyl (C=O) groups excluding carboxylic acids is 1. The second kappa shape index (κ2) is 8.17. The van der Waals surface area contributed by atoms with E-state index in [2.05, 4.69) is 33.3 Å². The van der Waals surface area contributed by atoms with Crippen molar-refractivity contribution in [2.24, 2.45) is 0 Å². The lowest BCUT2D eigenvalue weighted by molar-refractivity contribution is -0.130. The number of rotatable bonds is 5. The number of nitrogens with zero attached hydrogens (tertiary/aromatic N) is 3. The van der Waals surface area contributed by atoms with Gasteiger partial charge in [-0.15, -0.1) is 0 Å². The van der Waals surface area contributed by atoms with Gasteiger partial charge in [-0.05, 0) is 23.3 Å². The average Bonchev–Trinajstić information content (AvgIpc) is 3.25. The average molecular weight is 376 g/mol. The van der Waals surface area contributed by atoms with E-state index in [4.69, 9.17) is 4.74 Å². The van der Waals surface area contributed by atoms with E-state index in [1.54, 1.807) is 7.11 Å². The van der Waals surface area contributed by atoms with Crippen LogP contribution in [0.2, 0.25) is 0 Å². The highest BCUT2D eigenvalue weighted by Gasteiger charge is 2.22. The molecule has 28 heavy (non-hydrogen) atoms. The molecule has 2 heterocycles.